The average Bonchev–Trinajstić information content (AvgIpc) is 3.11. The molecule has 0 aliphatic heterocycles. The average molecular weight is 318 g/mol. The van der Waals surface area contributed by atoms with Gasteiger partial charge in [0.1, 0.15) is 11.6 Å². The minimum Gasteiger partial charge on any atom is -0.382 e. The van der Waals surface area contributed by atoms with Gasteiger partial charge in [-0.2, -0.15) is 0 Å². The quantitative estimate of drug-likeness (QED) is 0.708. The zero-order valence-corrected chi connectivity index (χ0v) is 13.9. The van der Waals surface area contributed by atoms with E-state index in [2.05, 4.69) is 45.7 Å². The number of nitrogens with one attached hydrogen (secondary N) is 2. The van der Waals surface area contributed by atoms with E-state index in [1.807, 2.05) is 30.5 Å². The maximum atomic E-state index is 4.65. The molecule has 2 heterocycles. The molecule has 1 aliphatic carbocycles. The van der Waals surface area contributed by atoms with Gasteiger partial charge in [-0.05, 0) is 43.5 Å². The third kappa shape index (κ3) is 3.18. The number of para-hydroxylation sites is 1. The first-order chi connectivity index (χ1) is 11.8. The van der Waals surface area contributed by atoms with Crippen molar-refractivity contribution in [2.24, 2.45) is 0 Å². The van der Waals surface area contributed by atoms with Crippen molar-refractivity contribution in [1.82, 2.24) is 9.97 Å². The molecule has 2 N–H and O–H groups in total. The standard InChI is InChI=1S/C20H22N4/c1-14-13-21-20(12-18(14)22-16-7-3-4-8-16)24-19-11-10-15-6-2-5-9-17(15)23-19/h2,5-6,9-13,16H,3-4,7-8H2,1H3,(H2,21,22,23,24). The molecule has 1 aliphatic rings. The van der Waals surface area contributed by atoms with Crippen LogP contribution in [-0.4, -0.2) is 16.0 Å². The van der Waals surface area contributed by atoms with Crippen molar-refractivity contribution in [3.8, 4) is 0 Å². The van der Waals surface area contributed by atoms with E-state index in [0.29, 0.717) is 6.04 Å². The number of fused-ring (bicyclic) bond motifs is 1. The van der Waals surface area contributed by atoms with Gasteiger partial charge in [-0.25, -0.2) is 9.97 Å². The minimum absolute atomic E-state index is 0.595. The highest BCUT2D eigenvalue weighted by atomic mass is 15.1. The molecule has 24 heavy (non-hydrogen) atoms. The number of hydrogen-bond acceptors (Lipinski definition) is 4. The van der Waals surface area contributed by atoms with E-state index in [4.69, 9.17) is 0 Å². The van der Waals surface area contributed by atoms with E-state index in [1.165, 1.54) is 36.9 Å². The Morgan fingerprint density at radius 3 is 2.71 bits per heavy atom. The molecule has 122 valence electrons. The fraction of sp³-hybridized carbons (Fsp3) is 0.300. The van der Waals surface area contributed by atoms with Crippen molar-refractivity contribution in [2.45, 2.75) is 38.6 Å². The topological polar surface area (TPSA) is 49.8 Å². The van der Waals surface area contributed by atoms with Gasteiger partial charge in [-0.1, -0.05) is 31.0 Å². The van der Waals surface area contributed by atoms with Crippen LogP contribution in [0.15, 0.2) is 48.7 Å². The smallest absolute Gasteiger partial charge is 0.133 e. The zero-order chi connectivity index (χ0) is 16.4. The molecule has 1 fully saturated rings. The Balaban J connectivity index is 1.56. The number of rotatable bonds is 4. The van der Waals surface area contributed by atoms with Crippen LogP contribution in [0.25, 0.3) is 10.9 Å². The summed E-state index contributed by atoms with van der Waals surface area (Å²) in [5.41, 5.74) is 3.33. The maximum Gasteiger partial charge on any atom is 0.133 e. The summed E-state index contributed by atoms with van der Waals surface area (Å²) in [7, 11) is 0. The molecule has 0 atom stereocenters. The summed E-state index contributed by atoms with van der Waals surface area (Å²) >= 11 is 0. The van der Waals surface area contributed by atoms with E-state index >= 15 is 0 Å². The van der Waals surface area contributed by atoms with Crippen molar-refractivity contribution in [2.75, 3.05) is 10.6 Å². The molecule has 0 bridgehead atoms. The second kappa shape index (κ2) is 6.48. The lowest BCUT2D eigenvalue weighted by Crippen LogP contribution is -2.15. The number of anilines is 3. The van der Waals surface area contributed by atoms with E-state index in [1.54, 1.807) is 0 Å². The summed E-state index contributed by atoms with van der Waals surface area (Å²) in [6.07, 6.45) is 7.09. The monoisotopic (exact) mass is 318 g/mol. The van der Waals surface area contributed by atoms with Crippen molar-refractivity contribution in [3.05, 3.63) is 54.2 Å². The molecule has 1 aromatic carbocycles. The Kier molecular flexibility index (Phi) is 4.03. The van der Waals surface area contributed by atoms with Gasteiger partial charge in [0, 0.05) is 29.4 Å². The summed E-state index contributed by atoms with van der Waals surface area (Å²) in [6, 6.07) is 14.9. The Labute approximate surface area is 142 Å². The minimum atomic E-state index is 0.595. The fourth-order valence-corrected chi connectivity index (χ4v) is 3.30. The summed E-state index contributed by atoms with van der Waals surface area (Å²) in [5, 5.41) is 8.13. The van der Waals surface area contributed by atoms with Gasteiger partial charge in [0.05, 0.1) is 5.52 Å². The molecular formula is C20H22N4. The predicted molar refractivity (Wildman–Crippen MR) is 99.9 cm³/mol. The fourth-order valence-electron chi connectivity index (χ4n) is 3.30. The first-order valence-corrected chi connectivity index (χ1v) is 8.64. The zero-order valence-electron chi connectivity index (χ0n) is 13.9. The van der Waals surface area contributed by atoms with Gasteiger partial charge in [0.15, 0.2) is 0 Å². The molecule has 1 saturated carbocycles. The largest absolute Gasteiger partial charge is 0.382 e. The number of aryl methyl sites for hydroxylation is 1. The molecule has 0 radical (unpaired) electrons. The number of benzene rings is 1. The summed E-state index contributed by atoms with van der Waals surface area (Å²) in [4.78, 5) is 9.15. The van der Waals surface area contributed by atoms with Crippen LogP contribution in [0, 0.1) is 6.92 Å². The van der Waals surface area contributed by atoms with E-state index in [0.717, 1.165) is 22.5 Å². The highest BCUT2D eigenvalue weighted by Crippen LogP contribution is 2.26. The molecule has 0 spiro atoms. The van der Waals surface area contributed by atoms with Gasteiger partial charge in [0.2, 0.25) is 0 Å². The molecular weight excluding hydrogens is 296 g/mol. The highest BCUT2D eigenvalue weighted by Gasteiger charge is 2.15. The molecule has 4 heteroatoms. The van der Waals surface area contributed by atoms with Gasteiger partial charge >= 0.3 is 0 Å². The van der Waals surface area contributed by atoms with Crippen LogP contribution in [0.2, 0.25) is 0 Å². The van der Waals surface area contributed by atoms with E-state index in [9.17, 15) is 0 Å². The highest BCUT2D eigenvalue weighted by molar-refractivity contribution is 5.80. The van der Waals surface area contributed by atoms with Crippen molar-refractivity contribution < 1.29 is 0 Å². The van der Waals surface area contributed by atoms with E-state index < -0.39 is 0 Å². The van der Waals surface area contributed by atoms with Crippen molar-refractivity contribution in [3.63, 3.8) is 0 Å². The Hall–Kier alpha value is -2.62. The Morgan fingerprint density at radius 1 is 1.00 bits per heavy atom. The van der Waals surface area contributed by atoms with Crippen molar-refractivity contribution in [1.29, 1.82) is 0 Å². The maximum absolute atomic E-state index is 4.65. The molecule has 0 unspecified atom stereocenters. The van der Waals surface area contributed by atoms with Crippen LogP contribution in [-0.2, 0) is 0 Å². The van der Waals surface area contributed by atoms with Gasteiger partial charge in [0.25, 0.3) is 0 Å². The van der Waals surface area contributed by atoms with Gasteiger partial charge < -0.3 is 10.6 Å². The van der Waals surface area contributed by atoms with Crippen LogP contribution < -0.4 is 10.6 Å². The summed E-state index contributed by atoms with van der Waals surface area (Å²) in [6.45, 7) is 2.10. The molecule has 3 aromatic rings. The van der Waals surface area contributed by atoms with Crippen LogP contribution in [0.4, 0.5) is 17.3 Å². The molecule has 2 aromatic heterocycles. The number of aromatic nitrogens is 2. The lowest BCUT2D eigenvalue weighted by atomic mass is 10.2. The molecule has 0 amide bonds. The normalized spacial score (nSPS) is 14.9. The first-order valence-electron chi connectivity index (χ1n) is 8.64. The SMILES string of the molecule is Cc1cnc(Nc2ccc3ccccc3n2)cc1NC1CCCC1. The van der Waals surface area contributed by atoms with E-state index in [-0.39, 0.29) is 0 Å². The second-order valence-corrected chi connectivity index (χ2v) is 6.52. The first kappa shape index (κ1) is 14.9. The van der Waals surface area contributed by atoms with Crippen LogP contribution in [0.3, 0.4) is 0 Å². The number of pyridine rings is 2. The second-order valence-electron chi connectivity index (χ2n) is 6.52. The number of hydrogen-bond donors (Lipinski definition) is 2. The van der Waals surface area contributed by atoms with Crippen molar-refractivity contribution >= 4 is 28.2 Å². The third-order valence-corrected chi connectivity index (χ3v) is 4.67. The molecule has 4 rings (SSSR count). The summed E-state index contributed by atoms with van der Waals surface area (Å²) in [5.74, 6) is 1.64. The molecule has 0 saturated heterocycles. The lowest BCUT2D eigenvalue weighted by molar-refractivity contribution is 0.754. The molecule has 4 nitrogen and oxygen atoms in total. The van der Waals surface area contributed by atoms with Crippen LogP contribution in [0.5, 0.6) is 0 Å². The lowest BCUT2D eigenvalue weighted by Gasteiger charge is -2.16. The van der Waals surface area contributed by atoms with Crippen LogP contribution >= 0.6 is 0 Å². The summed E-state index contributed by atoms with van der Waals surface area (Å²) < 4.78 is 0. The predicted octanol–water partition coefficient (Wildman–Crippen LogP) is 5.04. The Bertz CT molecular complexity index is 853. The Morgan fingerprint density at radius 2 is 1.83 bits per heavy atom. The van der Waals surface area contributed by atoms with Gasteiger partial charge in [-0.3, -0.25) is 0 Å². The van der Waals surface area contributed by atoms with Gasteiger partial charge in [-0.15, -0.1) is 0 Å². The third-order valence-electron chi connectivity index (χ3n) is 4.67. The van der Waals surface area contributed by atoms with Crippen LogP contribution in [0.1, 0.15) is 31.2 Å². The number of nitrogens with zero attached hydrogens (tertiary/aromatic N) is 2.